The number of benzene rings is 6. The standard InChI is InChI=1S/C39H26N2O/c1-2-9-24(10-3-1)25-11-8-12-28(17-25)40-34-15-6-4-13-30(34)32-22-35-26(20-37(32)40)18-29-19-27-21-39-33(23-36(27)41(29)35)31-14-5-7-16-38(31)42-39/h1-17,20-23,29H,18-19H2. The van der Waals surface area contributed by atoms with Gasteiger partial charge in [-0.05, 0) is 83.6 Å². The zero-order chi connectivity index (χ0) is 27.4. The van der Waals surface area contributed by atoms with Gasteiger partial charge in [0.05, 0.1) is 11.0 Å². The van der Waals surface area contributed by atoms with Crippen LogP contribution in [0.2, 0.25) is 0 Å². The number of furan rings is 1. The second-order valence-electron chi connectivity index (χ2n) is 11.8. The van der Waals surface area contributed by atoms with Crippen molar-refractivity contribution in [1.29, 1.82) is 0 Å². The largest absolute Gasteiger partial charge is 0.456 e. The van der Waals surface area contributed by atoms with E-state index in [2.05, 4.69) is 131 Å². The van der Waals surface area contributed by atoms with Gasteiger partial charge in [-0.1, -0.05) is 78.9 Å². The molecule has 10 rings (SSSR count). The van der Waals surface area contributed by atoms with Crippen molar-refractivity contribution in [2.24, 2.45) is 0 Å². The average Bonchev–Trinajstić information content (AvgIpc) is 3.76. The predicted octanol–water partition coefficient (Wildman–Crippen LogP) is 9.97. The van der Waals surface area contributed by atoms with E-state index in [9.17, 15) is 0 Å². The summed E-state index contributed by atoms with van der Waals surface area (Å²) in [5, 5.41) is 4.99. The van der Waals surface area contributed by atoms with Crippen molar-refractivity contribution < 1.29 is 4.42 Å². The number of nitrogens with zero attached hydrogens (tertiary/aromatic N) is 2. The number of hydrogen-bond donors (Lipinski definition) is 0. The van der Waals surface area contributed by atoms with Crippen LogP contribution in [0, 0.1) is 0 Å². The van der Waals surface area contributed by atoms with Crippen LogP contribution in [-0.4, -0.2) is 10.6 Å². The Bertz CT molecular complexity index is 2380. The topological polar surface area (TPSA) is 21.3 Å². The molecule has 0 spiro atoms. The second-order valence-corrected chi connectivity index (χ2v) is 11.8. The molecule has 3 heteroatoms. The number of hydrogen-bond acceptors (Lipinski definition) is 2. The molecule has 8 aromatic rings. The Kier molecular flexibility index (Phi) is 4.35. The zero-order valence-electron chi connectivity index (χ0n) is 22.9. The van der Waals surface area contributed by atoms with Crippen LogP contribution in [-0.2, 0) is 12.8 Å². The molecule has 0 bridgehead atoms. The van der Waals surface area contributed by atoms with E-state index in [-0.39, 0.29) is 0 Å². The molecule has 0 aliphatic carbocycles. The lowest BCUT2D eigenvalue weighted by Gasteiger charge is -2.21. The number of fused-ring (bicyclic) bond motifs is 11. The van der Waals surface area contributed by atoms with Gasteiger partial charge in [-0.2, -0.15) is 0 Å². The van der Waals surface area contributed by atoms with E-state index in [1.54, 1.807) is 0 Å². The average molecular weight is 539 g/mol. The summed E-state index contributed by atoms with van der Waals surface area (Å²) in [7, 11) is 0. The normalized spacial score (nSPS) is 15.6. The fourth-order valence-corrected chi connectivity index (χ4v) is 7.64. The summed E-state index contributed by atoms with van der Waals surface area (Å²) in [6.45, 7) is 0. The summed E-state index contributed by atoms with van der Waals surface area (Å²) in [6, 6.07) is 46.8. The summed E-state index contributed by atoms with van der Waals surface area (Å²) in [4.78, 5) is 2.60. The van der Waals surface area contributed by atoms with Crippen LogP contribution in [0.4, 0.5) is 11.4 Å². The lowest BCUT2D eigenvalue weighted by Crippen LogP contribution is -2.22. The second kappa shape index (κ2) is 8.14. The van der Waals surface area contributed by atoms with Gasteiger partial charge in [0.2, 0.25) is 0 Å². The molecule has 6 aromatic carbocycles. The first-order valence-electron chi connectivity index (χ1n) is 14.8. The minimum Gasteiger partial charge on any atom is -0.456 e. The molecule has 2 aromatic heterocycles. The first-order valence-corrected chi connectivity index (χ1v) is 14.8. The molecular formula is C39H26N2O. The number of para-hydroxylation sites is 2. The van der Waals surface area contributed by atoms with Crippen molar-refractivity contribution in [3.63, 3.8) is 0 Å². The molecule has 1 unspecified atom stereocenters. The smallest absolute Gasteiger partial charge is 0.135 e. The van der Waals surface area contributed by atoms with Crippen LogP contribution in [0.5, 0.6) is 0 Å². The molecule has 0 saturated heterocycles. The van der Waals surface area contributed by atoms with Crippen LogP contribution in [0.3, 0.4) is 0 Å². The number of rotatable bonds is 2. The summed E-state index contributed by atoms with van der Waals surface area (Å²) >= 11 is 0. The maximum absolute atomic E-state index is 6.24. The Morgan fingerprint density at radius 1 is 0.500 bits per heavy atom. The molecule has 0 saturated carbocycles. The Balaban J connectivity index is 1.18. The van der Waals surface area contributed by atoms with Crippen molar-refractivity contribution in [2.45, 2.75) is 18.9 Å². The molecule has 0 radical (unpaired) electrons. The SMILES string of the molecule is c1ccc(-c2cccc(-n3c4ccccc4c4cc5c(cc43)CC3Cc4cc6oc7ccccc7c6cc4N53)c2)cc1. The van der Waals surface area contributed by atoms with Crippen LogP contribution in [0.25, 0.3) is 60.6 Å². The molecular weight excluding hydrogens is 512 g/mol. The fourth-order valence-electron chi connectivity index (χ4n) is 7.64. The summed E-state index contributed by atoms with van der Waals surface area (Å²) < 4.78 is 8.69. The highest BCUT2D eigenvalue weighted by Crippen LogP contribution is 2.50. The summed E-state index contributed by atoms with van der Waals surface area (Å²) in [5.41, 5.74) is 13.6. The van der Waals surface area contributed by atoms with Gasteiger partial charge >= 0.3 is 0 Å². The van der Waals surface area contributed by atoms with Crippen LogP contribution >= 0.6 is 0 Å². The van der Waals surface area contributed by atoms with Gasteiger partial charge in [-0.15, -0.1) is 0 Å². The monoisotopic (exact) mass is 538 g/mol. The molecule has 1 atom stereocenters. The first kappa shape index (κ1) is 22.4. The Hall–Kier alpha value is -5.28. The Morgan fingerprint density at radius 2 is 1.21 bits per heavy atom. The van der Waals surface area contributed by atoms with E-state index in [0.717, 1.165) is 24.0 Å². The quantitative estimate of drug-likeness (QED) is 0.218. The Labute approximate surface area is 242 Å². The number of anilines is 2. The molecule has 3 nitrogen and oxygen atoms in total. The first-order chi connectivity index (χ1) is 20.8. The van der Waals surface area contributed by atoms with E-state index >= 15 is 0 Å². The van der Waals surface area contributed by atoms with E-state index in [1.165, 1.54) is 71.9 Å². The van der Waals surface area contributed by atoms with Crippen molar-refractivity contribution in [3.05, 3.63) is 139 Å². The molecule has 42 heavy (non-hydrogen) atoms. The minimum atomic E-state index is 0.445. The number of aromatic nitrogens is 1. The predicted molar refractivity (Wildman–Crippen MR) is 173 cm³/mol. The van der Waals surface area contributed by atoms with Gasteiger partial charge in [-0.3, -0.25) is 0 Å². The van der Waals surface area contributed by atoms with Gasteiger partial charge in [0.1, 0.15) is 11.2 Å². The molecule has 0 N–H and O–H groups in total. The maximum atomic E-state index is 6.24. The third kappa shape index (κ3) is 3.00. The highest BCUT2D eigenvalue weighted by Gasteiger charge is 2.38. The lowest BCUT2D eigenvalue weighted by atomic mass is 10.0. The summed E-state index contributed by atoms with van der Waals surface area (Å²) in [5.74, 6) is 0. The lowest BCUT2D eigenvalue weighted by molar-refractivity contribution is 0.668. The van der Waals surface area contributed by atoms with Gasteiger partial charge in [0.25, 0.3) is 0 Å². The molecule has 0 fully saturated rings. The van der Waals surface area contributed by atoms with Crippen LogP contribution < -0.4 is 4.90 Å². The zero-order valence-corrected chi connectivity index (χ0v) is 22.9. The van der Waals surface area contributed by atoms with Crippen molar-refractivity contribution in [2.75, 3.05) is 4.90 Å². The highest BCUT2D eigenvalue weighted by atomic mass is 16.3. The molecule has 0 amide bonds. The van der Waals surface area contributed by atoms with E-state index in [0.29, 0.717) is 6.04 Å². The van der Waals surface area contributed by atoms with Gasteiger partial charge in [0, 0.05) is 44.6 Å². The van der Waals surface area contributed by atoms with Crippen molar-refractivity contribution >= 4 is 55.1 Å². The van der Waals surface area contributed by atoms with Crippen molar-refractivity contribution in [3.8, 4) is 16.8 Å². The van der Waals surface area contributed by atoms with E-state index in [4.69, 9.17) is 4.42 Å². The summed E-state index contributed by atoms with van der Waals surface area (Å²) in [6.07, 6.45) is 2.09. The highest BCUT2D eigenvalue weighted by molar-refractivity contribution is 6.12. The minimum absolute atomic E-state index is 0.445. The van der Waals surface area contributed by atoms with Gasteiger partial charge < -0.3 is 13.9 Å². The van der Waals surface area contributed by atoms with Crippen LogP contribution in [0.1, 0.15) is 11.1 Å². The van der Waals surface area contributed by atoms with Gasteiger partial charge in [0.15, 0.2) is 0 Å². The van der Waals surface area contributed by atoms with Crippen LogP contribution in [0.15, 0.2) is 132 Å². The molecule has 4 heterocycles. The van der Waals surface area contributed by atoms with Crippen molar-refractivity contribution in [1.82, 2.24) is 4.57 Å². The maximum Gasteiger partial charge on any atom is 0.135 e. The third-order valence-corrected chi connectivity index (χ3v) is 9.46. The molecule has 198 valence electrons. The third-order valence-electron chi connectivity index (χ3n) is 9.46. The Morgan fingerprint density at radius 3 is 2.10 bits per heavy atom. The van der Waals surface area contributed by atoms with Gasteiger partial charge in [-0.25, -0.2) is 0 Å². The molecule has 2 aliphatic rings. The fraction of sp³-hybridized carbons (Fsp3) is 0.0769. The molecule has 2 aliphatic heterocycles. The van der Waals surface area contributed by atoms with E-state index in [1.807, 2.05) is 6.07 Å². The van der Waals surface area contributed by atoms with E-state index < -0.39 is 0 Å².